The second kappa shape index (κ2) is 6.72. The lowest BCUT2D eigenvalue weighted by atomic mass is 9.72. The van der Waals surface area contributed by atoms with E-state index < -0.39 is 0 Å². The van der Waals surface area contributed by atoms with Gasteiger partial charge in [0.2, 0.25) is 0 Å². The Hall–Kier alpha value is -2.70. The molecule has 2 unspecified atom stereocenters. The van der Waals surface area contributed by atoms with E-state index in [0.29, 0.717) is 5.56 Å². The van der Waals surface area contributed by atoms with Crippen molar-refractivity contribution in [2.24, 2.45) is 0 Å². The Kier molecular flexibility index (Phi) is 4.18. The molecule has 1 amide bonds. The summed E-state index contributed by atoms with van der Waals surface area (Å²) in [7, 11) is 1.76. The number of hydrogen-bond donors (Lipinski definition) is 3. The van der Waals surface area contributed by atoms with Gasteiger partial charge in [-0.05, 0) is 55.3 Å². The van der Waals surface area contributed by atoms with Crippen LogP contribution in [0.25, 0.3) is 11.0 Å². The topological polar surface area (TPSA) is 79.0 Å². The SMILES string of the molecule is COC1C(NC(=O)c2ccc3nc[nH]c3c2)c2ccccc2C12CCNCC2. The summed E-state index contributed by atoms with van der Waals surface area (Å²) < 4.78 is 6.04. The molecule has 5 rings (SSSR count). The number of methoxy groups -OCH3 is 1. The molecule has 2 aromatic carbocycles. The van der Waals surface area contributed by atoms with Crippen molar-refractivity contribution in [1.82, 2.24) is 20.6 Å². The van der Waals surface area contributed by atoms with Gasteiger partial charge in [0.25, 0.3) is 5.91 Å². The molecule has 0 radical (unpaired) electrons. The van der Waals surface area contributed by atoms with E-state index in [1.165, 1.54) is 11.1 Å². The summed E-state index contributed by atoms with van der Waals surface area (Å²) in [6, 6.07) is 13.8. The van der Waals surface area contributed by atoms with Crippen molar-refractivity contribution in [3.05, 3.63) is 65.5 Å². The van der Waals surface area contributed by atoms with Gasteiger partial charge < -0.3 is 20.4 Å². The van der Waals surface area contributed by atoms with Gasteiger partial charge in [-0.3, -0.25) is 4.79 Å². The lowest BCUT2D eigenvalue weighted by molar-refractivity contribution is 0.00397. The van der Waals surface area contributed by atoms with Crippen molar-refractivity contribution >= 4 is 16.9 Å². The van der Waals surface area contributed by atoms with E-state index in [1.807, 2.05) is 24.3 Å². The number of benzene rings is 2. The molecule has 1 aliphatic carbocycles. The number of aromatic amines is 1. The second-order valence-electron chi connectivity index (χ2n) is 7.74. The first-order valence-corrected chi connectivity index (χ1v) is 9.80. The smallest absolute Gasteiger partial charge is 0.251 e. The highest BCUT2D eigenvalue weighted by Gasteiger charge is 2.53. The Morgan fingerprint density at radius 2 is 2.04 bits per heavy atom. The van der Waals surface area contributed by atoms with Crippen LogP contribution in [-0.4, -0.2) is 42.2 Å². The van der Waals surface area contributed by atoms with Gasteiger partial charge >= 0.3 is 0 Å². The molecule has 144 valence electrons. The van der Waals surface area contributed by atoms with E-state index >= 15 is 0 Å². The number of hydrogen-bond acceptors (Lipinski definition) is 4. The third-order valence-electron chi connectivity index (χ3n) is 6.40. The summed E-state index contributed by atoms with van der Waals surface area (Å²) in [6.07, 6.45) is 3.58. The first kappa shape index (κ1) is 17.4. The summed E-state index contributed by atoms with van der Waals surface area (Å²) in [5, 5.41) is 6.72. The highest BCUT2D eigenvalue weighted by molar-refractivity contribution is 5.97. The van der Waals surface area contributed by atoms with Gasteiger partial charge in [0.15, 0.2) is 0 Å². The third kappa shape index (κ3) is 2.56. The number of fused-ring (bicyclic) bond motifs is 3. The average molecular weight is 376 g/mol. The molecule has 1 aliphatic heterocycles. The third-order valence-corrected chi connectivity index (χ3v) is 6.40. The van der Waals surface area contributed by atoms with E-state index in [-0.39, 0.29) is 23.5 Å². The molecule has 2 heterocycles. The van der Waals surface area contributed by atoms with Gasteiger partial charge in [0.05, 0.1) is 29.5 Å². The zero-order valence-corrected chi connectivity index (χ0v) is 15.9. The van der Waals surface area contributed by atoms with Gasteiger partial charge in [-0.25, -0.2) is 4.98 Å². The maximum atomic E-state index is 13.1. The van der Waals surface area contributed by atoms with Crippen molar-refractivity contribution in [3.8, 4) is 0 Å². The maximum absolute atomic E-state index is 13.1. The summed E-state index contributed by atoms with van der Waals surface area (Å²) in [4.78, 5) is 20.4. The van der Waals surface area contributed by atoms with Crippen molar-refractivity contribution in [2.75, 3.05) is 20.2 Å². The standard InChI is InChI=1S/C22H24N4O2/c1-28-20-19(26-21(27)14-6-7-17-18(12-14)25-13-24-17)15-4-2-3-5-16(15)22(20)8-10-23-11-9-22/h2-7,12-13,19-20,23H,8-11H2,1H3,(H,24,25)(H,26,27). The van der Waals surface area contributed by atoms with Crippen molar-refractivity contribution in [3.63, 3.8) is 0 Å². The van der Waals surface area contributed by atoms with Crippen LogP contribution in [0.2, 0.25) is 0 Å². The number of amides is 1. The summed E-state index contributed by atoms with van der Waals surface area (Å²) in [5.41, 5.74) is 4.77. The number of carbonyl (C=O) groups excluding carboxylic acids is 1. The maximum Gasteiger partial charge on any atom is 0.251 e. The number of rotatable bonds is 3. The van der Waals surface area contributed by atoms with E-state index in [9.17, 15) is 4.79 Å². The summed E-state index contributed by atoms with van der Waals surface area (Å²) in [6.45, 7) is 1.93. The molecule has 3 aromatic rings. The van der Waals surface area contributed by atoms with E-state index in [0.717, 1.165) is 37.0 Å². The van der Waals surface area contributed by atoms with Crippen LogP contribution in [0.3, 0.4) is 0 Å². The van der Waals surface area contributed by atoms with Gasteiger partial charge in [-0.1, -0.05) is 24.3 Å². The van der Waals surface area contributed by atoms with E-state index in [4.69, 9.17) is 4.74 Å². The Bertz CT molecular complexity index is 1020. The molecule has 1 aromatic heterocycles. The molecular weight excluding hydrogens is 352 g/mol. The monoisotopic (exact) mass is 376 g/mol. The Morgan fingerprint density at radius 1 is 1.21 bits per heavy atom. The lowest BCUT2D eigenvalue weighted by Gasteiger charge is -2.40. The minimum atomic E-state index is -0.163. The summed E-state index contributed by atoms with van der Waals surface area (Å²) >= 11 is 0. The van der Waals surface area contributed by atoms with Crippen LogP contribution >= 0.6 is 0 Å². The Morgan fingerprint density at radius 3 is 2.86 bits per heavy atom. The fourth-order valence-corrected chi connectivity index (χ4v) is 5.10. The van der Waals surface area contributed by atoms with Crippen LogP contribution in [0.5, 0.6) is 0 Å². The molecule has 0 bridgehead atoms. The molecule has 6 nitrogen and oxygen atoms in total. The van der Waals surface area contributed by atoms with Crippen LogP contribution in [0.4, 0.5) is 0 Å². The first-order valence-electron chi connectivity index (χ1n) is 9.80. The fourth-order valence-electron chi connectivity index (χ4n) is 5.10. The minimum absolute atomic E-state index is 0.0537. The number of piperidine rings is 1. The predicted octanol–water partition coefficient (Wildman–Crippen LogP) is 2.68. The molecule has 1 fully saturated rings. The van der Waals surface area contributed by atoms with Crippen molar-refractivity contribution in [2.45, 2.75) is 30.4 Å². The molecule has 3 N–H and O–H groups in total. The highest BCUT2D eigenvalue weighted by Crippen LogP contribution is 2.51. The number of nitrogens with one attached hydrogen (secondary N) is 3. The largest absolute Gasteiger partial charge is 0.378 e. The van der Waals surface area contributed by atoms with Gasteiger partial charge in [0, 0.05) is 18.1 Å². The summed E-state index contributed by atoms with van der Waals surface area (Å²) in [5.74, 6) is -0.0932. The second-order valence-corrected chi connectivity index (χ2v) is 7.74. The molecule has 0 saturated carbocycles. The predicted molar refractivity (Wildman–Crippen MR) is 107 cm³/mol. The number of carbonyl (C=O) groups is 1. The minimum Gasteiger partial charge on any atom is -0.378 e. The van der Waals surface area contributed by atoms with Gasteiger partial charge in [-0.15, -0.1) is 0 Å². The normalized spacial score (nSPS) is 23.0. The molecule has 1 spiro atoms. The fraction of sp³-hybridized carbons (Fsp3) is 0.364. The zero-order chi connectivity index (χ0) is 19.1. The number of aromatic nitrogens is 2. The zero-order valence-electron chi connectivity index (χ0n) is 15.9. The number of ether oxygens (including phenoxy) is 1. The average Bonchev–Trinajstić information content (AvgIpc) is 3.30. The van der Waals surface area contributed by atoms with Crippen LogP contribution in [0.1, 0.15) is 40.4 Å². The number of H-pyrrole nitrogens is 1. The number of imidazole rings is 1. The van der Waals surface area contributed by atoms with Crippen molar-refractivity contribution < 1.29 is 9.53 Å². The van der Waals surface area contributed by atoms with Crippen LogP contribution < -0.4 is 10.6 Å². The Balaban J connectivity index is 1.50. The molecule has 2 aliphatic rings. The lowest BCUT2D eigenvalue weighted by Crippen LogP contribution is -2.49. The Labute approximate surface area is 163 Å². The molecule has 6 heteroatoms. The molecule has 1 saturated heterocycles. The van der Waals surface area contributed by atoms with Crippen molar-refractivity contribution in [1.29, 1.82) is 0 Å². The first-order chi connectivity index (χ1) is 13.7. The van der Waals surface area contributed by atoms with E-state index in [1.54, 1.807) is 13.4 Å². The van der Waals surface area contributed by atoms with Gasteiger partial charge in [0.1, 0.15) is 0 Å². The number of nitrogens with zero attached hydrogens (tertiary/aromatic N) is 1. The molecule has 2 atom stereocenters. The van der Waals surface area contributed by atoms with Crippen LogP contribution in [0.15, 0.2) is 48.8 Å². The van der Waals surface area contributed by atoms with Crippen LogP contribution in [-0.2, 0) is 10.2 Å². The quantitative estimate of drug-likeness (QED) is 0.657. The highest BCUT2D eigenvalue weighted by atomic mass is 16.5. The molecule has 28 heavy (non-hydrogen) atoms. The van der Waals surface area contributed by atoms with Crippen LogP contribution in [0, 0.1) is 0 Å². The molecular formula is C22H24N4O2. The van der Waals surface area contributed by atoms with E-state index in [2.05, 4.69) is 38.8 Å². The van der Waals surface area contributed by atoms with Gasteiger partial charge in [-0.2, -0.15) is 0 Å².